The van der Waals surface area contributed by atoms with E-state index in [1.165, 1.54) is 20.3 Å². The number of pyridine rings is 1. The summed E-state index contributed by atoms with van der Waals surface area (Å²) in [6.45, 7) is 0. The van der Waals surface area contributed by atoms with Crippen molar-refractivity contribution in [2.75, 3.05) is 19.5 Å². The van der Waals surface area contributed by atoms with Crippen LogP contribution in [-0.4, -0.2) is 30.9 Å². The van der Waals surface area contributed by atoms with Crippen LogP contribution in [0.3, 0.4) is 0 Å². The lowest BCUT2D eigenvalue weighted by Gasteiger charge is -2.22. The van der Waals surface area contributed by atoms with Crippen LogP contribution in [0.1, 0.15) is 44.5 Å². The van der Waals surface area contributed by atoms with Crippen LogP contribution in [0.4, 0.5) is 5.69 Å². The molecule has 1 atom stereocenters. The molecule has 1 aliphatic carbocycles. The molecule has 154 valence electrons. The number of benzene rings is 1. The number of carbonyl (C=O) groups excluding carboxylic acids is 2. The van der Waals surface area contributed by atoms with Gasteiger partial charge in [0.2, 0.25) is 0 Å². The van der Waals surface area contributed by atoms with Gasteiger partial charge < -0.3 is 24.2 Å². The quantitative estimate of drug-likeness (QED) is 0.671. The van der Waals surface area contributed by atoms with E-state index in [0.29, 0.717) is 40.6 Å². The Bertz CT molecular complexity index is 1160. The summed E-state index contributed by atoms with van der Waals surface area (Å²) in [5.74, 6) is 0.687. The minimum Gasteiger partial charge on any atom is -0.497 e. The van der Waals surface area contributed by atoms with Crippen molar-refractivity contribution in [3.8, 4) is 11.5 Å². The number of Topliss-reactive ketones (excluding diaryl/α,β-unsaturated/α-hetero) is 1. The summed E-state index contributed by atoms with van der Waals surface area (Å²) in [5.41, 5.74) is 0.487. The fourth-order valence-corrected chi connectivity index (χ4v) is 3.63. The molecule has 1 aliphatic rings. The van der Waals surface area contributed by atoms with E-state index in [1.807, 2.05) is 6.07 Å². The second-order valence-corrected chi connectivity index (χ2v) is 6.97. The van der Waals surface area contributed by atoms with Crippen molar-refractivity contribution in [3.63, 3.8) is 0 Å². The van der Waals surface area contributed by atoms with Gasteiger partial charge in [-0.05, 0) is 36.8 Å². The average molecular weight is 408 g/mol. The number of hydrogen-bond acceptors (Lipinski definition) is 6. The molecule has 2 heterocycles. The molecule has 2 aromatic heterocycles. The number of furan rings is 1. The van der Waals surface area contributed by atoms with Gasteiger partial charge in [-0.15, -0.1) is 0 Å². The number of fused-ring (bicyclic) bond motifs is 1. The lowest BCUT2D eigenvalue weighted by molar-refractivity contribution is 0.0959. The highest BCUT2D eigenvalue weighted by Gasteiger charge is 2.30. The fraction of sp³-hybridized carbons (Fsp3) is 0.227. The van der Waals surface area contributed by atoms with Crippen LogP contribution in [0.15, 0.2) is 51.9 Å². The number of carbonyl (C=O) groups is 2. The van der Waals surface area contributed by atoms with Crippen LogP contribution in [0.5, 0.6) is 11.5 Å². The maximum Gasteiger partial charge on any atom is 0.261 e. The second kappa shape index (κ2) is 7.90. The molecule has 0 saturated heterocycles. The van der Waals surface area contributed by atoms with Gasteiger partial charge in [-0.2, -0.15) is 0 Å². The number of aromatic amines is 1. The lowest BCUT2D eigenvalue weighted by Crippen LogP contribution is -2.29. The smallest absolute Gasteiger partial charge is 0.261 e. The fourth-order valence-electron chi connectivity index (χ4n) is 3.63. The van der Waals surface area contributed by atoms with Gasteiger partial charge in [0, 0.05) is 29.7 Å². The van der Waals surface area contributed by atoms with Crippen molar-refractivity contribution in [1.82, 2.24) is 4.98 Å². The van der Waals surface area contributed by atoms with E-state index >= 15 is 0 Å². The van der Waals surface area contributed by atoms with E-state index in [0.717, 1.165) is 0 Å². The zero-order chi connectivity index (χ0) is 21.3. The first-order valence-corrected chi connectivity index (χ1v) is 9.36. The molecule has 8 nitrogen and oxygen atoms in total. The first-order valence-electron chi connectivity index (χ1n) is 9.36. The van der Waals surface area contributed by atoms with Crippen LogP contribution in [0.25, 0.3) is 0 Å². The summed E-state index contributed by atoms with van der Waals surface area (Å²) in [7, 11) is 2.97. The molecule has 0 spiro atoms. The summed E-state index contributed by atoms with van der Waals surface area (Å²) in [6, 6.07) is 9.85. The monoisotopic (exact) mass is 408 g/mol. The van der Waals surface area contributed by atoms with Gasteiger partial charge in [-0.3, -0.25) is 14.4 Å². The first kappa shape index (κ1) is 19.5. The Hall–Kier alpha value is -3.81. The number of ketones is 1. The van der Waals surface area contributed by atoms with Crippen molar-refractivity contribution in [1.29, 1.82) is 0 Å². The SMILES string of the molecule is COc1ccc(OC)c(NC(=O)c2cc3c([nH]c2=O)C[C@@H](c2ccco2)CC3=O)c1. The summed E-state index contributed by atoms with van der Waals surface area (Å²) >= 11 is 0. The third kappa shape index (κ3) is 3.59. The molecule has 0 fully saturated rings. The average Bonchev–Trinajstić information content (AvgIpc) is 3.28. The molecule has 0 radical (unpaired) electrons. The van der Waals surface area contributed by atoms with Crippen molar-refractivity contribution >= 4 is 17.4 Å². The number of ether oxygens (including phenoxy) is 2. The van der Waals surface area contributed by atoms with Crippen molar-refractivity contribution in [2.24, 2.45) is 0 Å². The summed E-state index contributed by atoms with van der Waals surface area (Å²) in [5, 5.41) is 2.66. The third-order valence-electron chi connectivity index (χ3n) is 5.15. The van der Waals surface area contributed by atoms with E-state index < -0.39 is 11.5 Å². The van der Waals surface area contributed by atoms with Gasteiger partial charge >= 0.3 is 0 Å². The number of nitrogens with one attached hydrogen (secondary N) is 2. The second-order valence-electron chi connectivity index (χ2n) is 6.97. The van der Waals surface area contributed by atoms with Gasteiger partial charge in [0.05, 0.1) is 26.2 Å². The third-order valence-corrected chi connectivity index (χ3v) is 5.15. The molecule has 2 N–H and O–H groups in total. The molecule has 0 aliphatic heterocycles. The Labute approximate surface area is 171 Å². The topological polar surface area (TPSA) is 111 Å². The highest BCUT2D eigenvalue weighted by atomic mass is 16.5. The molecule has 1 aromatic carbocycles. The largest absolute Gasteiger partial charge is 0.497 e. The van der Waals surface area contributed by atoms with Gasteiger partial charge in [0.15, 0.2) is 5.78 Å². The van der Waals surface area contributed by atoms with Crippen molar-refractivity contribution in [2.45, 2.75) is 18.8 Å². The first-order chi connectivity index (χ1) is 14.5. The van der Waals surface area contributed by atoms with E-state index in [4.69, 9.17) is 13.9 Å². The number of aromatic nitrogens is 1. The van der Waals surface area contributed by atoms with Gasteiger partial charge in [-0.25, -0.2) is 0 Å². The Balaban J connectivity index is 1.64. The molecule has 3 aromatic rings. The Morgan fingerprint density at radius 3 is 2.67 bits per heavy atom. The number of rotatable bonds is 5. The number of anilines is 1. The van der Waals surface area contributed by atoms with Gasteiger partial charge in [0.25, 0.3) is 11.5 Å². The predicted molar refractivity (Wildman–Crippen MR) is 109 cm³/mol. The zero-order valence-corrected chi connectivity index (χ0v) is 16.5. The molecule has 0 bridgehead atoms. The highest BCUT2D eigenvalue weighted by molar-refractivity contribution is 6.07. The maximum atomic E-state index is 12.8. The molecular weight excluding hydrogens is 388 g/mol. The van der Waals surface area contributed by atoms with Crippen LogP contribution in [-0.2, 0) is 6.42 Å². The summed E-state index contributed by atoms with van der Waals surface area (Å²) < 4.78 is 15.8. The van der Waals surface area contributed by atoms with Crippen molar-refractivity contribution < 1.29 is 23.5 Å². The van der Waals surface area contributed by atoms with Crippen LogP contribution < -0.4 is 20.3 Å². The lowest BCUT2D eigenvalue weighted by atomic mass is 9.84. The Morgan fingerprint density at radius 1 is 1.13 bits per heavy atom. The highest BCUT2D eigenvalue weighted by Crippen LogP contribution is 2.32. The number of methoxy groups -OCH3 is 2. The minimum absolute atomic E-state index is 0.142. The number of amides is 1. The molecule has 30 heavy (non-hydrogen) atoms. The van der Waals surface area contributed by atoms with Crippen LogP contribution >= 0.6 is 0 Å². The number of hydrogen-bond donors (Lipinski definition) is 2. The van der Waals surface area contributed by atoms with E-state index in [9.17, 15) is 14.4 Å². The summed E-state index contributed by atoms with van der Waals surface area (Å²) in [4.78, 5) is 40.8. The van der Waals surface area contributed by atoms with Crippen LogP contribution in [0.2, 0.25) is 0 Å². The number of H-pyrrole nitrogens is 1. The zero-order valence-electron chi connectivity index (χ0n) is 16.5. The predicted octanol–water partition coefficient (Wildman–Crippen LogP) is 3.15. The van der Waals surface area contributed by atoms with E-state index in [-0.39, 0.29) is 23.7 Å². The summed E-state index contributed by atoms with van der Waals surface area (Å²) in [6.07, 6.45) is 2.26. The van der Waals surface area contributed by atoms with E-state index in [1.54, 1.807) is 30.5 Å². The standard InChI is InChI=1S/C22H20N2O6/c1-28-13-5-6-20(29-2)17(10-13)24-22(27)15-11-14-16(23-21(15)26)8-12(9-18(14)25)19-4-3-7-30-19/h3-7,10-12H,8-9H2,1-2H3,(H,23,26)(H,24,27)/t12-/m1/s1. The normalized spacial score (nSPS) is 15.4. The molecule has 1 amide bonds. The Morgan fingerprint density at radius 2 is 1.97 bits per heavy atom. The minimum atomic E-state index is -0.647. The molecule has 0 unspecified atom stereocenters. The molecule has 4 rings (SSSR count). The molecule has 0 saturated carbocycles. The van der Waals surface area contributed by atoms with Crippen molar-refractivity contribution in [3.05, 3.63) is 75.6 Å². The van der Waals surface area contributed by atoms with Gasteiger partial charge in [-0.1, -0.05) is 0 Å². The van der Waals surface area contributed by atoms with E-state index in [2.05, 4.69) is 10.3 Å². The maximum absolute atomic E-state index is 12.8. The molecular formula is C22H20N2O6. The Kier molecular flexibility index (Phi) is 5.14. The van der Waals surface area contributed by atoms with Gasteiger partial charge in [0.1, 0.15) is 22.8 Å². The molecule has 8 heteroatoms. The van der Waals surface area contributed by atoms with Crippen LogP contribution in [0, 0.1) is 0 Å².